The third kappa shape index (κ3) is 2.36. The lowest BCUT2D eigenvalue weighted by Gasteiger charge is -2.31. The second-order valence-electron chi connectivity index (χ2n) is 5.35. The zero-order valence-electron chi connectivity index (χ0n) is 11.6. The van der Waals surface area contributed by atoms with Crippen molar-refractivity contribution in [2.24, 2.45) is 0 Å². The highest BCUT2D eigenvalue weighted by atomic mass is 79.9. The first kappa shape index (κ1) is 13.7. The largest absolute Gasteiger partial charge is 0.485 e. The van der Waals surface area contributed by atoms with Crippen LogP contribution in [-0.4, -0.2) is 5.11 Å². The summed E-state index contributed by atoms with van der Waals surface area (Å²) >= 11 is 3.45. The summed E-state index contributed by atoms with van der Waals surface area (Å²) in [5.74, 6) is 0.769. The second-order valence-corrected chi connectivity index (χ2v) is 6.26. The number of rotatable bonds is 1. The van der Waals surface area contributed by atoms with Gasteiger partial charge in [-0.15, -0.1) is 0 Å². The van der Waals surface area contributed by atoms with E-state index in [1.807, 2.05) is 18.2 Å². The van der Waals surface area contributed by atoms with Gasteiger partial charge in [0.25, 0.3) is 0 Å². The summed E-state index contributed by atoms with van der Waals surface area (Å²) in [6.45, 7) is 4.18. The van der Waals surface area contributed by atoms with Gasteiger partial charge in [-0.05, 0) is 42.7 Å². The number of hydrogen-bond donors (Lipinski definition) is 1. The Hall–Kier alpha value is -1.32. The van der Waals surface area contributed by atoms with Gasteiger partial charge in [0.2, 0.25) is 0 Å². The Morgan fingerprint density at radius 3 is 2.55 bits per heavy atom. The number of halogens is 1. The van der Waals surface area contributed by atoms with Crippen molar-refractivity contribution in [1.82, 2.24) is 0 Å². The molecule has 2 aromatic carbocycles. The van der Waals surface area contributed by atoms with Crippen LogP contribution in [0.4, 0.5) is 0 Å². The van der Waals surface area contributed by atoms with Crippen molar-refractivity contribution in [1.29, 1.82) is 0 Å². The quantitative estimate of drug-likeness (QED) is 0.825. The maximum atomic E-state index is 10.4. The van der Waals surface area contributed by atoms with Gasteiger partial charge in [-0.1, -0.05) is 40.2 Å². The molecular formula is C17H17BrO2. The number of aliphatic hydroxyl groups excluding tert-OH is 1. The lowest BCUT2D eigenvalue weighted by atomic mass is 9.90. The topological polar surface area (TPSA) is 29.5 Å². The Morgan fingerprint density at radius 1 is 1.15 bits per heavy atom. The van der Waals surface area contributed by atoms with Crippen molar-refractivity contribution in [3.63, 3.8) is 0 Å². The maximum Gasteiger partial charge on any atom is 0.127 e. The van der Waals surface area contributed by atoms with Crippen LogP contribution >= 0.6 is 15.9 Å². The highest BCUT2D eigenvalue weighted by Crippen LogP contribution is 2.43. The fourth-order valence-electron chi connectivity index (χ4n) is 2.93. The molecule has 0 saturated heterocycles. The van der Waals surface area contributed by atoms with Crippen molar-refractivity contribution >= 4 is 15.9 Å². The van der Waals surface area contributed by atoms with E-state index in [0.29, 0.717) is 6.42 Å². The molecule has 2 atom stereocenters. The van der Waals surface area contributed by atoms with Crippen molar-refractivity contribution in [3.8, 4) is 5.75 Å². The molecule has 1 unspecified atom stereocenters. The van der Waals surface area contributed by atoms with Crippen LogP contribution in [0, 0.1) is 13.8 Å². The Bertz CT molecular complexity index is 631. The Kier molecular flexibility index (Phi) is 3.57. The van der Waals surface area contributed by atoms with E-state index in [9.17, 15) is 5.11 Å². The SMILES string of the molecule is Cc1cccc(C)c1C1C[C@@H](O)c2ccc(Br)cc2O1. The summed E-state index contributed by atoms with van der Waals surface area (Å²) in [5, 5.41) is 10.4. The van der Waals surface area contributed by atoms with Crippen molar-refractivity contribution in [3.05, 3.63) is 63.1 Å². The molecule has 3 heteroatoms. The molecule has 104 valence electrons. The van der Waals surface area contributed by atoms with E-state index in [0.717, 1.165) is 15.8 Å². The van der Waals surface area contributed by atoms with Gasteiger partial charge in [0.1, 0.15) is 11.9 Å². The molecule has 0 fully saturated rings. The molecule has 2 nitrogen and oxygen atoms in total. The summed E-state index contributed by atoms with van der Waals surface area (Å²) < 4.78 is 7.10. The monoisotopic (exact) mass is 332 g/mol. The van der Waals surface area contributed by atoms with Crippen LogP contribution in [0.5, 0.6) is 5.75 Å². The molecule has 0 saturated carbocycles. The van der Waals surface area contributed by atoms with Crippen molar-refractivity contribution in [2.75, 3.05) is 0 Å². The number of benzene rings is 2. The summed E-state index contributed by atoms with van der Waals surface area (Å²) in [5.41, 5.74) is 4.48. The van der Waals surface area contributed by atoms with Gasteiger partial charge < -0.3 is 9.84 Å². The number of hydrogen-bond acceptors (Lipinski definition) is 2. The minimum absolute atomic E-state index is 0.0898. The zero-order valence-corrected chi connectivity index (χ0v) is 13.1. The first-order valence-electron chi connectivity index (χ1n) is 6.76. The molecule has 2 aromatic rings. The molecular weight excluding hydrogens is 316 g/mol. The van der Waals surface area contributed by atoms with Crippen LogP contribution < -0.4 is 4.74 Å². The fraction of sp³-hybridized carbons (Fsp3) is 0.294. The highest BCUT2D eigenvalue weighted by Gasteiger charge is 2.29. The van der Waals surface area contributed by atoms with Crippen molar-refractivity contribution < 1.29 is 9.84 Å². The predicted octanol–water partition coefficient (Wildman–Crippen LogP) is 4.62. The lowest BCUT2D eigenvalue weighted by molar-refractivity contribution is 0.0651. The molecule has 1 aliphatic rings. The number of ether oxygens (including phenoxy) is 1. The van der Waals surface area contributed by atoms with Gasteiger partial charge >= 0.3 is 0 Å². The minimum Gasteiger partial charge on any atom is -0.485 e. The van der Waals surface area contributed by atoms with E-state index in [4.69, 9.17) is 4.74 Å². The molecule has 0 bridgehead atoms. The number of fused-ring (bicyclic) bond motifs is 1. The van der Waals surface area contributed by atoms with Gasteiger partial charge in [0, 0.05) is 16.5 Å². The minimum atomic E-state index is -0.476. The van der Waals surface area contributed by atoms with Crippen LogP contribution in [0.15, 0.2) is 40.9 Å². The van der Waals surface area contributed by atoms with Gasteiger partial charge in [0.15, 0.2) is 0 Å². The third-order valence-electron chi connectivity index (χ3n) is 3.91. The van der Waals surface area contributed by atoms with Crippen LogP contribution in [0.1, 0.15) is 40.9 Å². The van der Waals surface area contributed by atoms with E-state index >= 15 is 0 Å². The van der Waals surface area contributed by atoms with Gasteiger partial charge in [-0.3, -0.25) is 0 Å². The van der Waals surface area contributed by atoms with E-state index in [2.05, 4.69) is 48.0 Å². The molecule has 20 heavy (non-hydrogen) atoms. The molecule has 0 amide bonds. The molecule has 1 aliphatic heterocycles. The molecule has 0 aromatic heterocycles. The summed E-state index contributed by atoms with van der Waals surface area (Å²) in [6, 6.07) is 12.0. The van der Waals surface area contributed by atoms with Gasteiger partial charge in [-0.25, -0.2) is 0 Å². The van der Waals surface area contributed by atoms with E-state index in [1.54, 1.807) is 0 Å². The lowest BCUT2D eigenvalue weighted by Crippen LogP contribution is -2.20. The summed E-state index contributed by atoms with van der Waals surface area (Å²) in [4.78, 5) is 0. The van der Waals surface area contributed by atoms with Crippen LogP contribution in [0.2, 0.25) is 0 Å². The Labute approximate surface area is 127 Å². The smallest absolute Gasteiger partial charge is 0.127 e. The molecule has 0 spiro atoms. The number of aliphatic hydroxyl groups is 1. The Balaban J connectivity index is 2.03. The highest BCUT2D eigenvalue weighted by molar-refractivity contribution is 9.10. The van der Waals surface area contributed by atoms with Crippen LogP contribution in [0.25, 0.3) is 0 Å². The first-order valence-corrected chi connectivity index (χ1v) is 7.56. The predicted molar refractivity (Wildman–Crippen MR) is 83.0 cm³/mol. The van der Waals surface area contributed by atoms with Crippen LogP contribution in [0.3, 0.4) is 0 Å². The molecule has 1 N–H and O–H groups in total. The third-order valence-corrected chi connectivity index (χ3v) is 4.40. The van der Waals surface area contributed by atoms with Gasteiger partial charge in [-0.2, -0.15) is 0 Å². The van der Waals surface area contributed by atoms with Crippen LogP contribution in [-0.2, 0) is 0 Å². The standard InChI is InChI=1S/C17H17BrO2/c1-10-4-3-5-11(2)17(10)16-9-14(19)13-7-6-12(18)8-15(13)20-16/h3-8,14,16,19H,9H2,1-2H3/t14-,16?/m1/s1. The van der Waals surface area contributed by atoms with E-state index in [-0.39, 0.29) is 6.10 Å². The Morgan fingerprint density at radius 2 is 1.85 bits per heavy atom. The summed E-state index contributed by atoms with van der Waals surface area (Å²) in [6.07, 6.45) is 0.0317. The normalized spacial score (nSPS) is 21.2. The fourth-order valence-corrected chi connectivity index (χ4v) is 3.27. The zero-order chi connectivity index (χ0) is 14.3. The van der Waals surface area contributed by atoms with Gasteiger partial charge in [0.05, 0.1) is 6.10 Å². The average molecular weight is 333 g/mol. The molecule has 0 aliphatic carbocycles. The molecule has 3 rings (SSSR count). The van der Waals surface area contributed by atoms with E-state index in [1.165, 1.54) is 16.7 Å². The van der Waals surface area contributed by atoms with Crippen molar-refractivity contribution in [2.45, 2.75) is 32.5 Å². The summed E-state index contributed by atoms with van der Waals surface area (Å²) in [7, 11) is 0. The average Bonchev–Trinajstić information content (AvgIpc) is 2.38. The van der Waals surface area contributed by atoms with E-state index < -0.39 is 6.10 Å². The second kappa shape index (κ2) is 5.23. The molecule has 1 heterocycles. The first-order chi connectivity index (χ1) is 9.56. The number of aryl methyl sites for hydroxylation is 2. The maximum absolute atomic E-state index is 10.4. The molecule has 0 radical (unpaired) electrons.